The second kappa shape index (κ2) is 4.52. The van der Waals surface area contributed by atoms with Gasteiger partial charge in [0.2, 0.25) is 11.8 Å². The van der Waals surface area contributed by atoms with E-state index in [1.807, 2.05) is 20.1 Å². The molecule has 1 amide bonds. The van der Waals surface area contributed by atoms with Crippen molar-refractivity contribution in [3.05, 3.63) is 5.82 Å². The zero-order valence-corrected chi connectivity index (χ0v) is 9.81. The number of carbonyl (C=O) groups excluding carboxylic acids is 1. The Hall–Kier alpha value is -1.24. The lowest BCUT2D eigenvalue weighted by Crippen LogP contribution is -2.36. The van der Waals surface area contributed by atoms with Crippen molar-refractivity contribution in [3.63, 3.8) is 0 Å². The quantitative estimate of drug-likeness (QED) is 0.688. The lowest BCUT2D eigenvalue weighted by atomic mass is 10.2. The number of amides is 1. The highest BCUT2D eigenvalue weighted by atomic mass is 32.2. The monoisotopic (exact) mass is 229 g/mol. The number of rotatable bonds is 4. The Bertz CT molecular complexity index is 349. The first kappa shape index (κ1) is 11.8. The fourth-order valence-corrected chi connectivity index (χ4v) is 1.04. The van der Waals surface area contributed by atoms with Crippen molar-refractivity contribution >= 4 is 23.6 Å². The minimum absolute atomic E-state index is 0.00122. The Labute approximate surface area is 92.4 Å². The van der Waals surface area contributed by atoms with Crippen LogP contribution in [0.15, 0.2) is 0 Å². The van der Waals surface area contributed by atoms with E-state index in [4.69, 9.17) is 5.73 Å². The largest absolute Gasteiger partial charge is 0.366 e. The fourth-order valence-electron chi connectivity index (χ4n) is 0.825. The van der Waals surface area contributed by atoms with Crippen molar-refractivity contribution in [1.82, 2.24) is 20.5 Å². The van der Waals surface area contributed by atoms with Crippen molar-refractivity contribution in [2.45, 2.75) is 18.6 Å². The van der Waals surface area contributed by atoms with Gasteiger partial charge in [0, 0.05) is 11.3 Å². The van der Waals surface area contributed by atoms with E-state index in [-0.39, 0.29) is 22.4 Å². The summed E-state index contributed by atoms with van der Waals surface area (Å²) in [5.41, 5.74) is 5.29. The number of carbonyl (C=O) groups is 1. The van der Waals surface area contributed by atoms with E-state index in [0.29, 0.717) is 6.54 Å². The average molecular weight is 229 g/mol. The molecule has 0 spiro atoms. The van der Waals surface area contributed by atoms with Crippen molar-refractivity contribution in [3.8, 4) is 0 Å². The number of nitrogens with zero attached hydrogens (tertiary/aromatic N) is 2. The average Bonchev–Trinajstić information content (AvgIpc) is 2.61. The van der Waals surface area contributed by atoms with E-state index in [1.165, 1.54) is 0 Å². The van der Waals surface area contributed by atoms with E-state index >= 15 is 0 Å². The van der Waals surface area contributed by atoms with Crippen molar-refractivity contribution in [1.29, 1.82) is 0 Å². The number of aromatic nitrogens is 3. The molecule has 0 fully saturated rings. The minimum atomic E-state index is -0.290. The van der Waals surface area contributed by atoms with E-state index in [9.17, 15) is 4.79 Å². The normalized spacial score (nSPS) is 11.4. The molecule has 6 nitrogen and oxygen atoms in total. The van der Waals surface area contributed by atoms with Gasteiger partial charge in [-0.2, -0.15) is 16.7 Å². The molecule has 0 atom stereocenters. The van der Waals surface area contributed by atoms with Gasteiger partial charge < -0.3 is 11.1 Å². The fraction of sp³-hybridized carbons (Fsp3) is 0.625. The zero-order chi connectivity index (χ0) is 11.5. The molecular weight excluding hydrogens is 214 g/mol. The maximum atomic E-state index is 11.5. The third-order valence-electron chi connectivity index (χ3n) is 1.95. The first-order valence-electron chi connectivity index (χ1n) is 4.46. The Morgan fingerprint density at radius 1 is 1.67 bits per heavy atom. The van der Waals surface area contributed by atoms with Crippen LogP contribution in [0.2, 0.25) is 0 Å². The molecule has 7 heteroatoms. The van der Waals surface area contributed by atoms with Gasteiger partial charge in [0.05, 0.1) is 0 Å². The van der Waals surface area contributed by atoms with Crippen LogP contribution < -0.4 is 11.1 Å². The Morgan fingerprint density at radius 3 is 2.80 bits per heavy atom. The molecule has 1 heterocycles. The second-order valence-electron chi connectivity index (χ2n) is 3.69. The van der Waals surface area contributed by atoms with Crippen LogP contribution in [-0.2, 0) is 0 Å². The standard InChI is InChI=1S/C8H15N5OS/c1-8(2,15-3)4-10-6(14)5-11-7(9)13-12-5/h4H2,1-3H3,(H,10,14)(H3,9,11,12,13). The lowest BCUT2D eigenvalue weighted by molar-refractivity contribution is 0.0941. The summed E-state index contributed by atoms with van der Waals surface area (Å²) in [7, 11) is 0. The predicted octanol–water partition coefficient (Wildman–Crippen LogP) is 0.258. The number of thioether (sulfide) groups is 1. The van der Waals surface area contributed by atoms with Crippen LogP contribution in [0.1, 0.15) is 24.5 Å². The smallest absolute Gasteiger partial charge is 0.288 e. The SMILES string of the molecule is CSC(C)(C)CNC(=O)c1nc(N)n[nH]1. The summed E-state index contributed by atoms with van der Waals surface area (Å²) in [5, 5.41) is 8.79. The molecule has 84 valence electrons. The number of hydrogen-bond acceptors (Lipinski definition) is 5. The van der Waals surface area contributed by atoms with Gasteiger partial charge in [-0.3, -0.25) is 9.89 Å². The van der Waals surface area contributed by atoms with Crippen LogP contribution in [0, 0.1) is 0 Å². The number of anilines is 1. The highest BCUT2D eigenvalue weighted by Crippen LogP contribution is 2.19. The van der Waals surface area contributed by atoms with Gasteiger partial charge >= 0.3 is 0 Å². The van der Waals surface area contributed by atoms with Gasteiger partial charge in [-0.05, 0) is 20.1 Å². The Kier molecular flexibility index (Phi) is 3.57. The highest BCUT2D eigenvalue weighted by Gasteiger charge is 2.18. The van der Waals surface area contributed by atoms with Crippen molar-refractivity contribution in [2.24, 2.45) is 0 Å². The van der Waals surface area contributed by atoms with Gasteiger partial charge in [0.25, 0.3) is 5.91 Å². The maximum Gasteiger partial charge on any atom is 0.288 e. The maximum absolute atomic E-state index is 11.5. The third kappa shape index (κ3) is 3.43. The molecule has 1 aromatic heterocycles. The predicted molar refractivity (Wildman–Crippen MR) is 60.7 cm³/mol. The van der Waals surface area contributed by atoms with Gasteiger partial charge in [0.15, 0.2) is 0 Å². The van der Waals surface area contributed by atoms with Gasteiger partial charge in [0.1, 0.15) is 0 Å². The number of hydrogen-bond donors (Lipinski definition) is 3. The molecule has 0 aliphatic rings. The first-order valence-corrected chi connectivity index (χ1v) is 5.68. The summed E-state index contributed by atoms with van der Waals surface area (Å²) in [6, 6.07) is 0. The highest BCUT2D eigenvalue weighted by molar-refractivity contribution is 7.99. The molecule has 0 aliphatic carbocycles. The van der Waals surface area contributed by atoms with Gasteiger partial charge in [-0.25, -0.2) is 0 Å². The van der Waals surface area contributed by atoms with Crippen LogP contribution >= 0.6 is 11.8 Å². The number of nitrogen functional groups attached to an aromatic ring is 1. The minimum Gasteiger partial charge on any atom is -0.366 e. The molecule has 15 heavy (non-hydrogen) atoms. The zero-order valence-electron chi connectivity index (χ0n) is 9.00. The topological polar surface area (TPSA) is 96.7 Å². The lowest BCUT2D eigenvalue weighted by Gasteiger charge is -2.21. The molecule has 0 saturated heterocycles. The van der Waals surface area contributed by atoms with Crippen molar-refractivity contribution in [2.75, 3.05) is 18.5 Å². The van der Waals surface area contributed by atoms with E-state index in [2.05, 4.69) is 20.5 Å². The number of H-pyrrole nitrogens is 1. The molecular formula is C8H15N5OS. The molecule has 0 unspecified atom stereocenters. The van der Waals surface area contributed by atoms with Gasteiger partial charge in [-0.1, -0.05) is 0 Å². The first-order chi connectivity index (χ1) is 6.94. The van der Waals surface area contributed by atoms with E-state index < -0.39 is 0 Å². The van der Waals surface area contributed by atoms with Crippen LogP contribution in [0.25, 0.3) is 0 Å². The molecule has 0 aliphatic heterocycles. The second-order valence-corrected chi connectivity index (χ2v) is 5.20. The van der Waals surface area contributed by atoms with Crippen LogP contribution in [0.5, 0.6) is 0 Å². The summed E-state index contributed by atoms with van der Waals surface area (Å²) in [5.74, 6) is -0.0741. The van der Waals surface area contributed by atoms with Crippen molar-refractivity contribution < 1.29 is 4.79 Å². The molecule has 0 aromatic carbocycles. The van der Waals surface area contributed by atoms with Gasteiger partial charge in [-0.15, -0.1) is 5.10 Å². The Balaban J connectivity index is 2.50. The number of nitrogens with two attached hydrogens (primary N) is 1. The summed E-state index contributed by atoms with van der Waals surface area (Å²) in [4.78, 5) is 15.2. The van der Waals surface area contributed by atoms with E-state index in [1.54, 1.807) is 11.8 Å². The molecule has 0 saturated carbocycles. The third-order valence-corrected chi connectivity index (χ3v) is 3.19. The molecule has 1 rings (SSSR count). The molecule has 1 aromatic rings. The summed E-state index contributed by atoms with van der Waals surface area (Å²) >= 11 is 1.68. The van der Waals surface area contributed by atoms with Crippen LogP contribution in [0.3, 0.4) is 0 Å². The molecule has 0 radical (unpaired) electrons. The van der Waals surface area contributed by atoms with Crippen LogP contribution in [-0.4, -0.2) is 38.6 Å². The summed E-state index contributed by atoms with van der Waals surface area (Å²) in [6.45, 7) is 4.66. The summed E-state index contributed by atoms with van der Waals surface area (Å²) < 4.78 is 0.00122. The number of nitrogens with one attached hydrogen (secondary N) is 2. The van der Waals surface area contributed by atoms with E-state index in [0.717, 1.165) is 0 Å². The molecule has 4 N–H and O–H groups in total. The van der Waals surface area contributed by atoms with Crippen LogP contribution in [0.4, 0.5) is 5.95 Å². The molecule has 0 bridgehead atoms. The Morgan fingerprint density at radius 2 is 2.33 bits per heavy atom. The summed E-state index contributed by atoms with van der Waals surface area (Å²) in [6.07, 6.45) is 2.00. The number of aromatic amines is 1.